The fourth-order valence-corrected chi connectivity index (χ4v) is 3.52. The van der Waals surface area contributed by atoms with Crippen molar-refractivity contribution in [2.75, 3.05) is 11.5 Å². The molecule has 0 amide bonds. The molecule has 3 rings (SSSR count). The van der Waals surface area contributed by atoms with Gasteiger partial charge in [0.25, 0.3) is 0 Å². The van der Waals surface area contributed by atoms with Gasteiger partial charge in [-0.15, -0.1) is 0 Å². The van der Waals surface area contributed by atoms with Crippen molar-refractivity contribution in [1.82, 2.24) is 14.5 Å². The summed E-state index contributed by atoms with van der Waals surface area (Å²) in [5, 5.41) is 0.496. The molecule has 2 N–H and O–H groups in total. The zero-order chi connectivity index (χ0) is 19.1. The second-order valence-corrected chi connectivity index (χ2v) is 7.68. The molecule has 1 atom stereocenters. The number of hydrogen-bond acceptors (Lipinski definition) is 5. The molecule has 2 heterocycles. The molecule has 140 valence electrons. The molecule has 0 saturated heterocycles. The molecule has 26 heavy (non-hydrogen) atoms. The number of nitrogens with two attached hydrogens (primary N) is 1. The predicted octanol–water partition coefficient (Wildman–Crippen LogP) is 3.17. The van der Waals surface area contributed by atoms with Gasteiger partial charge in [0.05, 0.1) is 28.3 Å². The maximum atomic E-state index is 12.7. The van der Waals surface area contributed by atoms with E-state index in [-0.39, 0.29) is 17.2 Å². The smallest absolute Gasteiger partial charge is 0.397 e. The molecule has 0 spiro atoms. The summed E-state index contributed by atoms with van der Waals surface area (Å²) in [6.45, 7) is 1.79. The van der Waals surface area contributed by atoms with Crippen LogP contribution in [0.1, 0.15) is 42.8 Å². The number of hydrogen-bond donors (Lipinski definition) is 1. The van der Waals surface area contributed by atoms with Crippen molar-refractivity contribution in [2.45, 2.75) is 36.9 Å². The molecule has 0 aromatic carbocycles. The minimum Gasteiger partial charge on any atom is -0.397 e. The average Bonchev–Trinajstić information content (AvgIpc) is 3.36. The van der Waals surface area contributed by atoms with E-state index in [1.807, 2.05) is 0 Å². The Morgan fingerprint density at radius 1 is 1.46 bits per heavy atom. The molecular weight excluding hydrogens is 367 g/mol. The van der Waals surface area contributed by atoms with Crippen LogP contribution in [0.25, 0.3) is 0 Å². The van der Waals surface area contributed by atoms with Gasteiger partial charge in [-0.3, -0.25) is 9.19 Å². The summed E-state index contributed by atoms with van der Waals surface area (Å²) in [7, 11) is 0.525. The summed E-state index contributed by atoms with van der Waals surface area (Å²) < 4.78 is 52.2. The van der Waals surface area contributed by atoms with Crippen LogP contribution < -0.4 is 5.73 Å². The second kappa shape index (κ2) is 6.82. The molecule has 0 bridgehead atoms. The number of pyridine rings is 1. The van der Waals surface area contributed by atoms with Crippen LogP contribution in [0.3, 0.4) is 0 Å². The van der Waals surface area contributed by atoms with E-state index in [0.29, 0.717) is 22.9 Å². The van der Waals surface area contributed by atoms with E-state index in [0.717, 1.165) is 24.7 Å². The fourth-order valence-electron chi connectivity index (χ4n) is 2.54. The monoisotopic (exact) mass is 385 g/mol. The lowest BCUT2D eigenvalue weighted by Crippen LogP contribution is -2.08. The average molecular weight is 385 g/mol. The highest BCUT2D eigenvalue weighted by molar-refractivity contribution is 7.85. The number of anilines is 1. The van der Waals surface area contributed by atoms with Crippen molar-refractivity contribution in [1.29, 1.82) is 0 Å². The van der Waals surface area contributed by atoms with Crippen molar-refractivity contribution in [2.24, 2.45) is 12.0 Å². The van der Waals surface area contributed by atoms with Crippen LogP contribution in [0, 0.1) is 0 Å². The molecular formula is C16H18F3N5OS. The van der Waals surface area contributed by atoms with Crippen LogP contribution in [0.4, 0.5) is 24.7 Å². The molecule has 1 unspecified atom stereocenters. The highest BCUT2D eigenvalue weighted by Crippen LogP contribution is 2.41. The predicted molar refractivity (Wildman–Crippen MR) is 93.0 cm³/mol. The molecule has 0 aliphatic heterocycles. The Morgan fingerprint density at radius 3 is 2.69 bits per heavy atom. The van der Waals surface area contributed by atoms with Crippen molar-refractivity contribution in [3.8, 4) is 0 Å². The van der Waals surface area contributed by atoms with Crippen LogP contribution in [0.15, 0.2) is 22.3 Å². The number of nitrogen functional groups attached to an aromatic ring is 1. The highest BCUT2D eigenvalue weighted by Gasteiger charge is 2.32. The Labute approximate surface area is 150 Å². The van der Waals surface area contributed by atoms with Gasteiger partial charge in [-0.25, -0.2) is 9.98 Å². The van der Waals surface area contributed by atoms with Crippen LogP contribution in [0.2, 0.25) is 0 Å². The van der Waals surface area contributed by atoms with Gasteiger partial charge in [-0.2, -0.15) is 13.2 Å². The molecule has 1 saturated carbocycles. The molecule has 1 aliphatic carbocycles. The van der Waals surface area contributed by atoms with Gasteiger partial charge in [0.2, 0.25) is 0 Å². The van der Waals surface area contributed by atoms with Gasteiger partial charge in [-0.1, -0.05) is 6.92 Å². The molecule has 2 aromatic heterocycles. The fraction of sp³-hybridized carbons (Fsp3) is 0.438. The van der Waals surface area contributed by atoms with E-state index in [4.69, 9.17) is 5.73 Å². The number of halogens is 3. The third-order valence-electron chi connectivity index (χ3n) is 4.07. The van der Waals surface area contributed by atoms with Crippen molar-refractivity contribution >= 4 is 28.5 Å². The van der Waals surface area contributed by atoms with Crippen molar-refractivity contribution < 1.29 is 17.4 Å². The van der Waals surface area contributed by atoms with Gasteiger partial charge in [-0.05, 0) is 18.9 Å². The van der Waals surface area contributed by atoms with Crippen LogP contribution >= 0.6 is 0 Å². The third kappa shape index (κ3) is 3.64. The highest BCUT2D eigenvalue weighted by atomic mass is 32.2. The number of alkyl halides is 3. The van der Waals surface area contributed by atoms with Crippen molar-refractivity contribution in [3.63, 3.8) is 0 Å². The van der Waals surface area contributed by atoms with Crippen LogP contribution in [0.5, 0.6) is 0 Å². The number of nitrogens with zero attached hydrogens (tertiary/aromatic N) is 4. The first-order valence-corrected chi connectivity index (χ1v) is 9.36. The molecule has 10 heteroatoms. The topological polar surface area (TPSA) is 86.2 Å². The minimum absolute atomic E-state index is 0.102. The molecule has 1 aliphatic rings. The Hall–Kier alpha value is -2.23. The van der Waals surface area contributed by atoms with Gasteiger partial charge in [0.15, 0.2) is 10.8 Å². The summed E-state index contributed by atoms with van der Waals surface area (Å²) >= 11 is 0. The Bertz CT molecular complexity index is 887. The summed E-state index contributed by atoms with van der Waals surface area (Å²) in [6, 6.07) is 0.813. The largest absolute Gasteiger partial charge is 0.417 e. The third-order valence-corrected chi connectivity index (χ3v) is 5.48. The zero-order valence-corrected chi connectivity index (χ0v) is 15.1. The van der Waals surface area contributed by atoms with Gasteiger partial charge in [0, 0.05) is 24.9 Å². The Morgan fingerprint density at radius 2 is 2.15 bits per heavy atom. The van der Waals surface area contributed by atoms with E-state index in [9.17, 15) is 17.4 Å². The SMILES string of the molecule is CCS(=O)c1c(N=Cc2ncc(C(F)(F)F)cc2N)nc(C2CC2)n1C. The van der Waals surface area contributed by atoms with E-state index in [2.05, 4.69) is 15.0 Å². The Balaban J connectivity index is 1.96. The van der Waals surface area contributed by atoms with Gasteiger partial charge < -0.3 is 10.3 Å². The van der Waals surface area contributed by atoms with E-state index >= 15 is 0 Å². The number of imidazole rings is 1. The molecule has 0 radical (unpaired) electrons. The van der Waals surface area contributed by atoms with Crippen LogP contribution in [-0.4, -0.2) is 30.7 Å². The van der Waals surface area contributed by atoms with E-state index < -0.39 is 22.5 Å². The first-order valence-electron chi connectivity index (χ1n) is 8.04. The molecule has 1 fully saturated rings. The first-order chi connectivity index (χ1) is 12.2. The summed E-state index contributed by atoms with van der Waals surface area (Å²) in [4.78, 5) is 12.4. The van der Waals surface area contributed by atoms with Gasteiger partial charge in [0.1, 0.15) is 11.5 Å². The summed E-state index contributed by atoms with van der Waals surface area (Å²) in [6.07, 6.45) is -0.497. The number of aromatic nitrogens is 3. The lowest BCUT2D eigenvalue weighted by molar-refractivity contribution is -0.137. The van der Waals surface area contributed by atoms with Gasteiger partial charge >= 0.3 is 6.18 Å². The normalized spacial score (nSPS) is 16.3. The van der Waals surface area contributed by atoms with E-state index in [1.54, 1.807) is 18.5 Å². The Kier molecular flexibility index (Phi) is 4.87. The first kappa shape index (κ1) is 18.6. The standard InChI is InChI=1S/C16H18F3N5OS/c1-3-26(25)15-13(23-14(24(15)2)9-4-5-9)22-8-12-11(20)6-10(7-21-12)16(17,18)19/h6-9H,3-5,20H2,1-2H3. The minimum atomic E-state index is -4.51. The maximum absolute atomic E-state index is 12.7. The number of aliphatic imine (C=N–C) groups is 1. The van der Waals surface area contributed by atoms with Crippen LogP contribution in [-0.2, 0) is 24.0 Å². The van der Waals surface area contributed by atoms with Crippen molar-refractivity contribution in [3.05, 3.63) is 29.3 Å². The summed E-state index contributed by atoms with van der Waals surface area (Å²) in [5.74, 6) is 1.86. The van der Waals surface area contributed by atoms with E-state index in [1.165, 1.54) is 6.21 Å². The quantitative estimate of drug-likeness (QED) is 0.801. The lowest BCUT2D eigenvalue weighted by Gasteiger charge is -2.07. The number of rotatable bonds is 5. The zero-order valence-electron chi connectivity index (χ0n) is 14.2. The molecule has 6 nitrogen and oxygen atoms in total. The summed E-state index contributed by atoms with van der Waals surface area (Å²) in [5.41, 5.74) is 4.70. The lowest BCUT2D eigenvalue weighted by atomic mass is 10.2. The second-order valence-electron chi connectivity index (χ2n) is 6.02. The maximum Gasteiger partial charge on any atom is 0.417 e. The molecule has 2 aromatic rings.